The summed E-state index contributed by atoms with van der Waals surface area (Å²) in [5.41, 5.74) is 0.682. The monoisotopic (exact) mass is 969 g/mol. The highest BCUT2D eigenvalue weighted by Crippen LogP contribution is 2.46. The molecule has 4 aromatic rings. The lowest BCUT2D eigenvalue weighted by atomic mass is 9.92. The summed E-state index contributed by atoms with van der Waals surface area (Å²) in [6, 6.07) is 6.75. The van der Waals surface area contributed by atoms with Gasteiger partial charge >= 0.3 is 23.9 Å². The summed E-state index contributed by atoms with van der Waals surface area (Å²) in [6.45, 7) is 1.24. The number of rotatable bonds is 33. The number of aliphatic carboxylic acids is 4. The van der Waals surface area contributed by atoms with Gasteiger partial charge in [0.1, 0.15) is 24.4 Å². The molecule has 66 heavy (non-hydrogen) atoms. The minimum atomic E-state index is -4.51. The Morgan fingerprint density at radius 2 is 1.00 bits per heavy atom. The number of carbonyl (C=O) groups is 4. The Kier molecular flexibility index (Phi) is 20.0. The van der Waals surface area contributed by atoms with Gasteiger partial charge in [0, 0.05) is 85.4 Å². The number of sulfonamides is 2. The van der Waals surface area contributed by atoms with E-state index in [0.717, 1.165) is 14.7 Å². The largest absolute Gasteiger partial charge is 0.490 e. The second-order valence-electron chi connectivity index (χ2n) is 15.4. The topological polar surface area (TPSA) is 308 Å². The van der Waals surface area contributed by atoms with Crippen LogP contribution in [-0.4, -0.2) is 194 Å². The van der Waals surface area contributed by atoms with Gasteiger partial charge in [-0.1, -0.05) is 18.2 Å². The number of nitrogens with one attached hydrogen (secondary N) is 2. The minimum Gasteiger partial charge on any atom is -0.490 e. The number of benzene rings is 4. The zero-order valence-electron chi connectivity index (χ0n) is 37.2. The van der Waals surface area contributed by atoms with Crippen LogP contribution in [0.15, 0.2) is 46.2 Å². The number of ether oxygens (including phenoxy) is 4. The molecule has 4 aromatic carbocycles. The molecule has 7 N–H and O–H groups in total. The Morgan fingerprint density at radius 1 is 0.591 bits per heavy atom. The van der Waals surface area contributed by atoms with E-state index in [9.17, 15) is 46.2 Å². The smallest absolute Gasteiger partial charge is 0.321 e. The van der Waals surface area contributed by atoms with Gasteiger partial charge in [0.2, 0.25) is 20.0 Å². The Hall–Kier alpha value is -5.02. The van der Waals surface area contributed by atoms with Crippen molar-refractivity contribution in [3.05, 3.63) is 36.4 Å². The van der Waals surface area contributed by atoms with E-state index in [1.165, 1.54) is 14.1 Å². The maximum atomic E-state index is 14.6. The summed E-state index contributed by atoms with van der Waals surface area (Å²) in [5, 5.41) is 53.5. The number of carboxylic acid groups (broad SMARTS) is 4. The molecule has 0 spiro atoms. The molecule has 22 nitrogen and oxygen atoms in total. The molecule has 0 saturated carbocycles. The molecular weight excluding hydrogens is 911 g/mol. The van der Waals surface area contributed by atoms with Gasteiger partial charge in [0.15, 0.2) is 0 Å². The lowest BCUT2D eigenvalue weighted by Crippen LogP contribution is -2.40. The minimum absolute atomic E-state index is 0.0537. The average molecular weight is 970 g/mol. The van der Waals surface area contributed by atoms with Crippen molar-refractivity contribution >= 4 is 81.9 Å². The number of nitrogens with zero attached hydrogens (tertiary/aromatic N) is 3. The third-order valence-corrected chi connectivity index (χ3v) is 14.3. The highest BCUT2D eigenvalue weighted by molar-refractivity contribution is 7.90. The summed E-state index contributed by atoms with van der Waals surface area (Å²) in [7, 11) is -2.82. The molecule has 0 aliphatic rings. The fourth-order valence-corrected chi connectivity index (χ4v) is 10.1. The Balaban J connectivity index is 1.76. The van der Waals surface area contributed by atoms with E-state index in [0.29, 0.717) is 52.8 Å². The first-order chi connectivity index (χ1) is 31.2. The maximum Gasteiger partial charge on any atom is 0.321 e. The summed E-state index contributed by atoms with van der Waals surface area (Å²) >= 11 is 0. The molecule has 0 heterocycles. The second kappa shape index (κ2) is 24.7. The summed E-state index contributed by atoms with van der Waals surface area (Å²) in [4.78, 5) is 46.6. The van der Waals surface area contributed by atoms with Gasteiger partial charge in [-0.25, -0.2) is 25.4 Å². The van der Waals surface area contributed by atoms with Crippen LogP contribution < -0.4 is 20.3 Å². The SMILES string of the molecule is CN(C)c1cc(OCCOCCOCCOCCO)c2ccc3c(S(=O)(=O)N(C)CCCNC(CC(=O)O)C(=O)O)cc(S(=O)(=O)N(C)CCCNC(CC(=O)O)C(=O)O)c4ccc1c2c34. The molecule has 0 aromatic heterocycles. The normalized spacial score (nSPS) is 13.3. The van der Waals surface area contributed by atoms with Crippen molar-refractivity contribution in [2.24, 2.45) is 0 Å². The van der Waals surface area contributed by atoms with E-state index in [1.807, 2.05) is 25.1 Å². The molecule has 0 amide bonds. The van der Waals surface area contributed by atoms with Crippen LogP contribution in [-0.2, 0) is 53.4 Å². The lowest BCUT2D eigenvalue weighted by Gasteiger charge is -2.25. The highest BCUT2D eigenvalue weighted by Gasteiger charge is 2.32. The number of hydrogen-bond acceptors (Lipinski definition) is 16. The maximum absolute atomic E-state index is 14.6. The molecule has 366 valence electrons. The quantitative estimate of drug-likeness (QED) is 0.0260. The average Bonchev–Trinajstić information content (AvgIpc) is 3.25. The first-order valence-corrected chi connectivity index (χ1v) is 23.8. The van der Waals surface area contributed by atoms with Crippen molar-refractivity contribution in [3.8, 4) is 5.75 Å². The third kappa shape index (κ3) is 13.8. The number of anilines is 1. The van der Waals surface area contributed by atoms with E-state index < -0.39 is 68.8 Å². The van der Waals surface area contributed by atoms with Gasteiger partial charge in [-0.3, -0.25) is 19.2 Å². The number of aliphatic hydroxyl groups is 1. The lowest BCUT2D eigenvalue weighted by molar-refractivity contribution is -0.145. The fourth-order valence-electron chi connectivity index (χ4n) is 7.19. The van der Waals surface area contributed by atoms with Crippen molar-refractivity contribution in [3.63, 3.8) is 0 Å². The molecule has 0 radical (unpaired) electrons. The molecule has 2 unspecified atom stereocenters. The Morgan fingerprint density at radius 3 is 1.42 bits per heavy atom. The van der Waals surface area contributed by atoms with Crippen LogP contribution in [0.5, 0.6) is 5.75 Å². The van der Waals surface area contributed by atoms with Crippen LogP contribution in [0.4, 0.5) is 5.69 Å². The van der Waals surface area contributed by atoms with Gasteiger partial charge in [-0.2, -0.15) is 0 Å². The predicted molar refractivity (Wildman–Crippen MR) is 242 cm³/mol. The predicted octanol–water partition coefficient (Wildman–Crippen LogP) is 1.13. The summed E-state index contributed by atoms with van der Waals surface area (Å²) in [5.74, 6) is -5.02. The summed E-state index contributed by atoms with van der Waals surface area (Å²) in [6.07, 6.45) is -1.27. The second-order valence-corrected chi connectivity index (χ2v) is 19.4. The molecule has 0 fully saturated rings. The third-order valence-electron chi connectivity index (χ3n) is 10.5. The number of carboxylic acids is 4. The van der Waals surface area contributed by atoms with Crippen LogP contribution >= 0.6 is 0 Å². The van der Waals surface area contributed by atoms with Crippen molar-refractivity contribution in [2.75, 3.05) is 112 Å². The van der Waals surface area contributed by atoms with Gasteiger partial charge in [0.25, 0.3) is 0 Å². The Labute approximate surface area is 382 Å². The van der Waals surface area contributed by atoms with Gasteiger partial charge in [-0.15, -0.1) is 0 Å². The van der Waals surface area contributed by atoms with Crippen LogP contribution in [0.1, 0.15) is 25.7 Å². The molecule has 4 rings (SSSR count). The molecule has 2 atom stereocenters. The van der Waals surface area contributed by atoms with Gasteiger partial charge < -0.3 is 60.0 Å². The molecule has 0 aliphatic carbocycles. The molecule has 0 bridgehead atoms. The molecular formula is C42H59N5O17S2. The number of aliphatic hydroxyl groups excluding tert-OH is 1. The van der Waals surface area contributed by atoms with E-state index in [1.54, 1.807) is 24.3 Å². The van der Waals surface area contributed by atoms with Crippen LogP contribution in [0, 0.1) is 0 Å². The van der Waals surface area contributed by atoms with Crippen molar-refractivity contribution in [1.82, 2.24) is 19.2 Å². The van der Waals surface area contributed by atoms with E-state index in [2.05, 4.69) is 10.6 Å². The standard InChI is InChI=1S/C42H59N5O17S2/c1-45(2)33-25-34(64-22-21-63-20-19-62-18-17-61-16-15-48)28-8-10-30-36(66(59,60)47(4)14-6-12-44-32(42(55)56)24-38(51)52)26-35(29-9-7-27(33)39(28)40(29)30)65(57,58)46(3)13-5-11-43-31(41(53)54)23-37(49)50/h7-10,25-26,31-32,43-44,48H,5-6,11-24H2,1-4H3,(H,49,50)(H,51,52)(H,53,54)(H,55,56). The molecule has 0 saturated heterocycles. The highest BCUT2D eigenvalue weighted by atomic mass is 32.2. The van der Waals surface area contributed by atoms with E-state index in [4.69, 9.17) is 34.3 Å². The Bertz CT molecular complexity index is 2430. The van der Waals surface area contributed by atoms with E-state index in [-0.39, 0.29) is 92.6 Å². The molecule has 0 aliphatic heterocycles. The summed E-state index contributed by atoms with van der Waals surface area (Å²) < 4.78 is 83.2. The zero-order valence-corrected chi connectivity index (χ0v) is 38.9. The van der Waals surface area contributed by atoms with Crippen molar-refractivity contribution < 1.29 is 80.5 Å². The first kappa shape index (κ1) is 53.6. The fraction of sp³-hybridized carbons (Fsp3) is 0.524. The van der Waals surface area contributed by atoms with Crippen molar-refractivity contribution in [1.29, 1.82) is 0 Å². The van der Waals surface area contributed by atoms with Crippen LogP contribution in [0.25, 0.3) is 32.3 Å². The zero-order chi connectivity index (χ0) is 48.8. The number of hydrogen-bond donors (Lipinski definition) is 7. The van der Waals surface area contributed by atoms with Gasteiger partial charge in [0.05, 0.1) is 68.9 Å². The molecule has 24 heteroatoms. The first-order valence-electron chi connectivity index (χ1n) is 20.9. The van der Waals surface area contributed by atoms with Crippen LogP contribution in [0.3, 0.4) is 0 Å². The van der Waals surface area contributed by atoms with E-state index >= 15 is 0 Å². The van der Waals surface area contributed by atoms with Gasteiger partial charge in [-0.05, 0) is 38.1 Å². The van der Waals surface area contributed by atoms with Crippen LogP contribution in [0.2, 0.25) is 0 Å². The van der Waals surface area contributed by atoms with Crippen molar-refractivity contribution in [2.45, 2.75) is 47.6 Å².